The lowest BCUT2D eigenvalue weighted by Gasteiger charge is -2.11. The summed E-state index contributed by atoms with van der Waals surface area (Å²) in [5.74, 6) is -0.126. The fourth-order valence-electron chi connectivity index (χ4n) is 1.44. The number of rotatable bonds is 6. The fraction of sp³-hybridized carbons (Fsp3) is 0.462. The summed E-state index contributed by atoms with van der Waals surface area (Å²) in [7, 11) is 1.46. The molecule has 5 nitrogen and oxygen atoms in total. The molecule has 0 atom stereocenters. The third-order valence-electron chi connectivity index (χ3n) is 2.24. The molecule has 2 N–H and O–H groups in total. The maximum absolute atomic E-state index is 11.8. The number of benzene rings is 1. The molecule has 0 spiro atoms. The number of ether oxygens (including phenoxy) is 3. The van der Waals surface area contributed by atoms with E-state index in [1.165, 1.54) is 7.11 Å². The van der Waals surface area contributed by atoms with Crippen LogP contribution in [0.15, 0.2) is 18.2 Å². The van der Waals surface area contributed by atoms with E-state index in [-0.39, 0.29) is 12.7 Å². The Morgan fingerprint density at radius 3 is 2.67 bits per heavy atom. The molecular weight excluding hydrogens is 234 g/mol. The highest BCUT2D eigenvalue weighted by Crippen LogP contribution is 2.26. The van der Waals surface area contributed by atoms with Crippen LogP contribution in [0.5, 0.6) is 5.75 Å². The predicted molar refractivity (Wildman–Crippen MR) is 68.8 cm³/mol. The minimum atomic E-state index is -0.466. The van der Waals surface area contributed by atoms with Crippen LogP contribution in [0, 0.1) is 0 Å². The molecule has 0 aliphatic rings. The summed E-state index contributed by atoms with van der Waals surface area (Å²) >= 11 is 0. The number of nitrogen functional groups attached to an aromatic ring is 1. The smallest absolute Gasteiger partial charge is 0.342 e. The number of carbonyl (C=O) groups is 1. The molecule has 0 aromatic heterocycles. The highest BCUT2D eigenvalue weighted by atomic mass is 16.6. The van der Waals surface area contributed by atoms with Crippen molar-refractivity contribution in [1.82, 2.24) is 0 Å². The summed E-state index contributed by atoms with van der Waals surface area (Å²) in [6, 6.07) is 4.96. The topological polar surface area (TPSA) is 70.8 Å². The van der Waals surface area contributed by atoms with Gasteiger partial charge in [0.05, 0.1) is 25.5 Å². The van der Waals surface area contributed by atoms with Crippen LogP contribution in [-0.4, -0.2) is 32.4 Å². The summed E-state index contributed by atoms with van der Waals surface area (Å²) in [6.07, 6.45) is 0.116. The zero-order valence-electron chi connectivity index (χ0n) is 10.9. The zero-order chi connectivity index (χ0) is 13.5. The Balaban J connectivity index is 2.59. The molecule has 0 unspecified atom stereocenters. The Labute approximate surface area is 107 Å². The van der Waals surface area contributed by atoms with Gasteiger partial charge in [-0.15, -0.1) is 0 Å². The van der Waals surface area contributed by atoms with E-state index >= 15 is 0 Å². The number of anilines is 1. The lowest BCUT2D eigenvalue weighted by molar-refractivity contribution is 0.0175. The average molecular weight is 253 g/mol. The Morgan fingerprint density at radius 2 is 2.06 bits per heavy atom. The van der Waals surface area contributed by atoms with E-state index in [0.29, 0.717) is 23.6 Å². The lowest BCUT2D eigenvalue weighted by atomic mass is 10.2. The maximum atomic E-state index is 11.8. The van der Waals surface area contributed by atoms with E-state index in [9.17, 15) is 4.79 Å². The van der Waals surface area contributed by atoms with Gasteiger partial charge in [0.1, 0.15) is 12.2 Å². The third kappa shape index (κ3) is 3.92. The van der Waals surface area contributed by atoms with Gasteiger partial charge in [-0.05, 0) is 26.0 Å². The highest BCUT2D eigenvalue weighted by Gasteiger charge is 2.15. The predicted octanol–water partition coefficient (Wildman–Crippen LogP) is 1.86. The maximum Gasteiger partial charge on any atom is 0.342 e. The first kappa shape index (κ1) is 14.3. The van der Waals surface area contributed by atoms with Gasteiger partial charge in [-0.1, -0.05) is 6.07 Å². The summed E-state index contributed by atoms with van der Waals surface area (Å²) in [4.78, 5) is 11.8. The van der Waals surface area contributed by atoms with Crippen molar-refractivity contribution in [3.8, 4) is 5.75 Å². The van der Waals surface area contributed by atoms with Crippen LogP contribution in [0.4, 0.5) is 5.69 Å². The standard InChI is InChI=1S/C13H19NO4/c1-9(2)17-7-8-18-13(15)10-5-4-6-11(14)12(10)16-3/h4-6,9H,7-8,14H2,1-3H3. The van der Waals surface area contributed by atoms with Crippen LogP contribution in [-0.2, 0) is 9.47 Å². The molecular formula is C13H19NO4. The number of methoxy groups -OCH3 is 1. The molecule has 1 aromatic rings. The summed E-state index contributed by atoms with van der Waals surface area (Å²) in [5.41, 5.74) is 6.44. The van der Waals surface area contributed by atoms with E-state index in [1.54, 1.807) is 18.2 Å². The van der Waals surface area contributed by atoms with Crippen molar-refractivity contribution in [1.29, 1.82) is 0 Å². The average Bonchev–Trinajstić information content (AvgIpc) is 2.33. The van der Waals surface area contributed by atoms with Gasteiger partial charge >= 0.3 is 5.97 Å². The van der Waals surface area contributed by atoms with Crippen LogP contribution in [0.1, 0.15) is 24.2 Å². The molecule has 0 fully saturated rings. The van der Waals surface area contributed by atoms with Gasteiger partial charge in [-0.2, -0.15) is 0 Å². The molecule has 5 heteroatoms. The van der Waals surface area contributed by atoms with Gasteiger partial charge in [0.2, 0.25) is 0 Å². The van der Waals surface area contributed by atoms with Gasteiger partial charge in [0.25, 0.3) is 0 Å². The molecule has 0 saturated heterocycles. The third-order valence-corrected chi connectivity index (χ3v) is 2.24. The van der Waals surface area contributed by atoms with Crippen molar-refractivity contribution in [3.63, 3.8) is 0 Å². The van der Waals surface area contributed by atoms with Crippen molar-refractivity contribution in [2.75, 3.05) is 26.1 Å². The molecule has 1 rings (SSSR count). The Morgan fingerprint density at radius 1 is 1.33 bits per heavy atom. The van der Waals surface area contributed by atoms with Crippen LogP contribution in [0.25, 0.3) is 0 Å². The number of esters is 1. The molecule has 0 saturated carbocycles. The van der Waals surface area contributed by atoms with Gasteiger partial charge < -0.3 is 19.9 Å². The zero-order valence-corrected chi connectivity index (χ0v) is 10.9. The Hall–Kier alpha value is -1.75. The molecule has 0 radical (unpaired) electrons. The number of nitrogens with two attached hydrogens (primary N) is 1. The first-order chi connectivity index (χ1) is 8.56. The van der Waals surface area contributed by atoms with Crippen LogP contribution >= 0.6 is 0 Å². The van der Waals surface area contributed by atoms with Gasteiger partial charge in [-0.3, -0.25) is 0 Å². The van der Waals surface area contributed by atoms with E-state index in [4.69, 9.17) is 19.9 Å². The van der Waals surface area contributed by atoms with Crippen molar-refractivity contribution in [2.45, 2.75) is 20.0 Å². The summed E-state index contributed by atoms with van der Waals surface area (Å²) < 4.78 is 15.4. The summed E-state index contributed by atoms with van der Waals surface area (Å²) in [6.45, 7) is 4.41. The second kappa shape index (κ2) is 6.86. The fourth-order valence-corrected chi connectivity index (χ4v) is 1.44. The largest absolute Gasteiger partial charge is 0.494 e. The van der Waals surface area contributed by atoms with Crippen LogP contribution < -0.4 is 10.5 Å². The van der Waals surface area contributed by atoms with Gasteiger partial charge in [0, 0.05) is 0 Å². The van der Waals surface area contributed by atoms with E-state index < -0.39 is 5.97 Å². The molecule has 0 aliphatic carbocycles. The summed E-state index contributed by atoms with van der Waals surface area (Å²) in [5, 5.41) is 0. The number of para-hydroxylation sites is 1. The second-order valence-electron chi connectivity index (χ2n) is 3.98. The SMILES string of the molecule is COc1c(N)cccc1C(=O)OCCOC(C)C. The van der Waals surface area contributed by atoms with Crippen molar-refractivity contribution in [3.05, 3.63) is 23.8 Å². The number of hydrogen-bond acceptors (Lipinski definition) is 5. The molecule has 18 heavy (non-hydrogen) atoms. The molecule has 100 valence electrons. The monoisotopic (exact) mass is 253 g/mol. The normalized spacial score (nSPS) is 10.4. The molecule has 0 amide bonds. The van der Waals surface area contributed by atoms with E-state index in [0.717, 1.165) is 0 Å². The minimum absolute atomic E-state index is 0.116. The Kier molecular flexibility index (Phi) is 5.45. The minimum Gasteiger partial charge on any atom is -0.494 e. The van der Waals surface area contributed by atoms with Crippen molar-refractivity contribution < 1.29 is 19.0 Å². The van der Waals surface area contributed by atoms with Crippen molar-refractivity contribution in [2.24, 2.45) is 0 Å². The molecule has 0 aliphatic heterocycles. The first-order valence-electron chi connectivity index (χ1n) is 5.77. The van der Waals surface area contributed by atoms with Crippen molar-refractivity contribution >= 4 is 11.7 Å². The lowest BCUT2D eigenvalue weighted by Crippen LogP contribution is -2.14. The quantitative estimate of drug-likeness (QED) is 0.476. The highest BCUT2D eigenvalue weighted by molar-refractivity contribution is 5.94. The number of carbonyl (C=O) groups excluding carboxylic acids is 1. The Bertz CT molecular complexity index is 404. The second-order valence-corrected chi connectivity index (χ2v) is 3.98. The van der Waals surface area contributed by atoms with E-state index in [2.05, 4.69) is 0 Å². The first-order valence-corrected chi connectivity index (χ1v) is 5.77. The van der Waals surface area contributed by atoms with Crippen LogP contribution in [0.3, 0.4) is 0 Å². The molecule has 1 aromatic carbocycles. The van der Waals surface area contributed by atoms with E-state index in [1.807, 2.05) is 13.8 Å². The molecule has 0 heterocycles. The van der Waals surface area contributed by atoms with Gasteiger partial charge in [0.15, 0.2) is 5.75 Å². The number of hydrogen-bond donors (Lipinski definition) is 1. The van der Waals surface area contributed by atoms with Crippen LogP contribution in [0.2, 0.25) is 0 Å². The molecule has 0 bridgehead atoms. The van der Waals surface area contributed by atoms with Gasteiger partial charge in [-0.25, -0.2) is 4.79 Å².